The highest BCUT2D eigenvalue weighted by Gasteiger charge is 2.11. The van der Waals surface area contributed by atoms with Crippen LogP contribution in [0.1, 0.15) is 59.8 Å². The Morgan fingerprint density at radius 2 is 1.58 bits per heavy atom. The zero-order chi connectivity index (χ0) is 19.7. The number of benzene rings is 2. The van der Waals surface area contributed by atoms with Crippen molar-refractivity contribution in [3.8, 4) is 11.5 Å². The van der Waals surface area contributed by atoms with E-state index in [0.29, 0.717) is 23.8 Å². The van der Waals surface area contributed by atoms with Gasteiger partial charge in [-0.25, -0.2) is 0 Å². The van der Waals surface area contributed by atoms with E-state index in [-0.39, 0.29) is 11.5 Å². The molecule has 0 radical (unpaired) electrons. The first-order chi connectivity index (χ1) is 12.2. The van der Waals surface area contributed by atoms with Crippen molar-refractivity contribution in [3.63, 3.8) is 0 Å². The average molecular weight is 356 g/mol. The SMILES string of the molecule is CC(C)=CCCC(O)c1ccc(C)cc1O.Cc1ccc(C=O)c(O)c1. The predicted octanol–water partition coefficient (Wildman–Crippen LogP) is 4.99. The van der Waals surface area contributed by atoms with Gasteiger partial charge in [0, 0.05) is 5.56 Å². The number of aldehydes is 1. The lowest BCUT2D eigenvalue weighted by Gasteiger charge is -2.12. The van der Waals surface area contributed by atoms with Crippen LogP contribution in [0.15, 0.2) is 48.0 Å². The van der Waals surface area contributed by atoms with Crippen LogP contribution in [0.3, 0.4) is 0 Å². The predicted molar refractivity (Wildman–Crippen MR) is 105 cm³/mol. The fraction of sp³-hybridized carbons (Fsp3) is 0.318. The molecule has 0 amide bonds. The van der Waals surface area contributed by atoms with Gasteiger partial charge in [-0.05, 0) is 69.9 Å². The zero-order valence-corrected chi connectivity index (χ0v) is 15.9. The van der Waals surface area contributed by atoms with Gasteiger partial charge in [0.2, 0.25) is 0 Å². The highest BCUT2D eigenvalue weighted by Crippen LogP contribution is 2.28. The average Bonchev–Trinajstić information content (AvgIpc) is 2.55. The molecule has 2 aromatic carbocycles. The Labute approximate surface area is 155 Å². The molecule has 140 valence electrons. The number of aliphatic hydroxyl groups is 1. The molecule has 4 heteroatoms. The first kappa shape index (κ1) is 21.5. The Morgan fingerprint density at radius 1 is 1.00 bits per heavy atom. The minimum Gasteiger partial charge on any atom is -0.508 e. The maximum absolute atomic E-state index is 10.2. The third kappa shape index (κ3) is 7.11. The third-order valence-corrected chi connectivity index (χ3v) is 3.85. The van der Waals surface area contributed by atoms with E-state index in [4.69, 9.17) is 5.11 Å². The summed E-state index contributed by atoms with van der Waals surface area (Å²) < 4.78 is 0. The summed E-state index contributed by atoms with van der Waals surface area (Å²) in [7, 11) is 0. The van der Waals surface area contributed by atoms with Gasteiger partial charge >= 0.3 is 0 Å². The highest BCUT2D eigenvalue weighted by atomic mass is 16.3. The topological polar surface area (TPSA) is 77.8 Å². The molecular weight excluding hydrogens is 328 g/mol. The Hall–Kier alpha value is -2.59. The fourth-order valence-electron chi connectivity index (χ4n) is 2.37. The summed E-state index contributed by atoms with van der Waals surface area (Å²) in [5, 5.41) is 28.7. The number of aromatic hydroxyl groups is 2. The van der Waals surface area contributed by atoms with Gasteiger partial charge in [-0.15, -0.1) is 0 Å². The van der Waals surface area contributed by atoms with Gasteiger partial charge in [-0.2, -0.15) is 0 Å². The molecule has 4 nitrogen and oxygen atoms in total. The molecule has 0 heterocycles. The molecule has 0 saturated heterocycles. The molecule has 1 atom stereocenters. The molecule has 26 heavy (non-hydrogen) atoms. The van der Waals surface area contributed by atoms with Gasteiger partial charge < -0.3 is 15.3 Å². The number of carbonyl (C=O) groups excluding carboxylic acids is 1. The molecular formula is C22H28O4. The van der Waals surface area contributed by atoms with E-state index >= 15 is 0 Å². The van der Waals surface area contributed by atoms with Gasteiger partial charge in [0.1, 0.15) is 11.5 Å². The van der Waals surface area contributed by atoms with Crippen LogP contribution in [0.2, 0.25) is 0 Å². The summed E-state index contributed by atoms with van der Waals surface area (Å²) in [6.07, 6.45) is 3.61. The number of phenols is 2. The fourth-order valence-corrected chi connectivity index (χ4v) is 2.37. The van der Waals surface area contributed by atoms with Crippen molar-refractivity contribution in [1.29, 1.82) is 0 Å². The lowest BCUT2D eigenvalue weighted by molar-refractivity contribution is 0.112. The van der Waals surface area contributed by atoms with Gasteiger partial charge in [-0.1, -0.05) is 29.8 Å². The summed E-state index contributed by atoms with van der Waals surface area (Å²) in [5.74, 6) is 0.236. The molecule has 2 aromatic rings. The number of carbonyl (C=O) groups is 1. The third-order valence-electron chi connectivity index (χ3n) is 3.85. The van der Waals surface area contributed by atoms with Crippen molar-refractivity contribution in [2.75, 3.05) is 0 Å². The van der Waals surface area contributed by atoms with Crippen LogP contribution in [-0.4, -0.2) is 21.6 Å². The van der Waals surface area contributed by atoms with Crippen LogP contribution in [0.25, 0.3) is 0 Å². The van der Waals surface area contributed by atoms with E-state index in [1.54, 1.807) is 30.3 Å². The maximum atomic E-state index is 10.2. The van der Waals surface area contributed by atoms with E-state index in [0.717, 1.165) is 17.5 Å². The van der Waals surface area contributed by atoms with E-state index in [1.165, 1.54) is 5.57 Å². The summed E-state index contributed by atoms with van der Waals surface area (Å²) in [6, 6.07) is 10.3. The molecule has 0 aliphatic heterocycles. The maximum Gasteiger partial charge on any atom is 0.153 e. The molecule has 2 rings (SSSR count). The second-order valence-electron chi connectivity index (χ2n) is 6.62. The molecule has 0 saturated carbocycles. The number of hydrogen-bond donors (Lipinski definition) is 3. The van der Waals surface area contributed by atoms with Gasteiger partial charge in [-0.3, -0.25) is 4.79 Å². The van der Waals surface area contributed by atoms with Crippen molar-refractivity contribution in [1.82, 2.24) is 0 Å². The van der Waals surface area contributed by atoms with Crippen molar-refractivity contribution in [2.24, 2.45) is 0 Å². The van der Waals surface area contributed by atoms with Crippen molar-refractivity contribution in [2.45, 2.75) is 46.6 Å². The van der Waals surface area contributed by atoms with E-state index in [9.17, 15) is 15.0 Å². The molecule has 1 unspecified atom stereocenters. The van der Waals surface area contributed by atoms with Crippen molar-refractivity contribution in [3.05, 3.63) is 70.3 Å². The zero-order valence-electron chi connectivity index (χ0n) is 15.9. The first-order valence-corrected chi connectivity index (χ1v) is 8.60. The van der Waals surface area contributed by atoms with Gasteiger partial charge in [0.25, 0.3) is 0 Å². The molecule has 0 fully saturated rings. The minimum atomic E-state index is -0.587. The van der Waals surface area contributed by atoms with Crippen LogP contribution < -0.4 is 0 Å². The Kier molecular flexibility index (Phi) is 8.59. The molecule has 0 bridgehead atoms. The quantitative estimate of drug-likeness (QED) is 0.521. The van der Waals surface area contributed by atoms with Gasteiger partial charge in [0.15, 0.2) is 6.29 Å². The van der Waals surface area contributed by atoms with Crippen molar-refractivity contribution < 1.29 is 20.1 Å². The number of hydrogen-bond acceptors (Lipinski definition) is 4. The van der Waals surface area contributed by atoms with Crippen LogP contribution in [0, 0.1) is 13.8 Å². The largest absolute Gasteiger partial charge is 0.508 e. The van der Waals surface area contributed by atoms with Crippen LogP contribution in [0.4, 0.5) is 0 Å². The summed E-state index contributed by atoms with van der Waals surface area (Å²) in [6.45, 7) is 7.85. The lowest BCUT2D eigenvalue weighted by atomic mass is 10.0. The minimum absolute atomic E-state index is 0.0509. The smallest absolute Gasteiger partial charge is 0.153 e. The molecule has 0 aromatic heterocycles. The highest BCUT2D eigenvalue weighted by molar-refractivity contribution is 5.79. The van der Waals surface area contributed by atoms with Crippen LogP contribution in [-0.2, 0) is 0 Å². The Morgan fingerprint density at radius 3 is 2.08 bits per heavy atom. The molecule has 3 N–H and O–H groups in total. The second-order valence-corrected chi connectivity index (χ2v) is 6.62. The number of phenolic OH excluding ortho intramolecular Hbond substituents is 2. The van der Waals surface area contributed by atoms with E-state index in [2.05, 4.69) is 6.08 Å². The van der Waals surface area contributed by atoms with E-state index < -0.39 is 6.10 Å². The molecule has 0 aliphatic carbocycles. The number of aliphatic hydroxyl groups excluding tert-OH is 1. The number of allylic oxidation sites excluding steroid dienone is 2. The summed E-state index contributed by atoms with van der Waals surface area (Å²) >= 11 is 0. The number of aryl methyl sites for hydroxylation is 2. The van der Waals surface area contributed by atoms with Gasteiger partial charge in [0.05, 0.1) is 11.7 Å². The van der Waals surface area contributed by atoms with Crippen LogP contribution in [0.5, 0.6) is 11.5 Å². The lowest BCUT2D eigenvalue weighted by Crippen LogP contribution is -1.97. The second kappa shape index (κ2) is 10.4. The first-order valence-electron chi connectivity index (χ1n) is 8.60. The monoisotopic (exact) mass is 356 g/mol. The normalized spacial score (nSPS) is 11.1. The van der Waals surface area contributed by atoms with Crippen molar-refractivity contribution >= 4 is 6.29 Å². The molecule has 0 aliphatic rings. The molecule has 0 spiro atoms. The Bertz CT molecular complexity index is 759. The van der Waals surface area contributed by atoms with E-state index in [1.807, 2.05) is 33.8 Å². The standard InChI is InChI=1S/C14H20O2.C8H8O2/c1-10(2)5-4-6-13(15)12-8-7-11(3)9-14(12)16;1-6-2-3-7(5-9)8(10)4-6/h5,7-9,13,15-16H,4,6H2,1-3H3;2-5,10H,1H3. The summed E-state index contributed by atoms with van der Waals surface area (Å²) in [4.78, 5) is 10.2. The number of rotatable bonds is 5. The Balaban J connectivity index is 0.000000289. The summed E-state index contributed by atoms with van der Waals surface area (Å²) in [5.41, 5.74) is 4.15. The van der Waals surface area contributed by atoms with Crippen LogP contribution >= 0.6 is 0 Å².